The van der Waals surface area contributed by atoms with E-state index in [1.54, 1.807) is 65.8 Å². The van der Waals surface area contributed by atoms with Gasteiger partial charge in [0, 0.05) is 6.42 Å². The molecule has 0 fully saturated rings. The minimum absolute atomic E-state index is 0.198. The molecule has 0 aliphatic heterocycles. The van der Waals surface area contributed by atoms with E-state index in [0.29, 0.717) is 5.75 Å². The first-order valence-electron chi connectivity index (χ1n) is 8.40. The molecular weight excluding hydrogens is 341 g/mol. The Hall–Kier alpha value is -2.31. The Morgan fingerprint density at radius 2 is 1.54 bits per heavy atom. The van der Waals surface area contributed by atoms with Gasteiger partial charge in [-0.1, -0.05) is 12.1 Å². The van der Waals surface area contributed by atoms with E-state index < -0.39 is 36.2 Å². The van der Waals surface area contributed by atoms with Crippen molar-refractivity contribution < 1.29 is 28.2 Å². The number of esters is 1. The van der Waals surface area contributed by atoms with Crippen molar-refractivity contribution in [1.82, 2.24) is 5.32 Å². The van der Waals surface area contributed by atoms with Crippen LogP contribution in [-0.4, -0.2) is 36.2 Å². The first-order valence-corrected chi connectivity index (χ1v) is 8.40. The molecule has 0 radical (unpaired) electrons. The SMILES string of the molecule is CC(C)(C)OC(=O)N[C@H](Cc1ccc(OCF)cc1)C(=O)OC(C)(C)C. The lowest BCUT2D eigenvalue weighted by molar-refractivity contribution is -0.157. The van der Waals surface area contributed by atoms with Gasteiger partial charge in [0.15, 0.2) is 0 Å². The van der Waals surface area contributed by atoms with Crippen molar-refractivity contribution in [2.24, 2.45) is 0 Å². The number of hydrogen-bond acceptors (Lipinski definition) is 5. The van der Waals surface area contributed by atoms with E-state index in [1.807, 2.05) is 0 Å². The molecule has 146 valence electrons. The van der Waals surface area contributed by atoms with E-state index in [4.69, 9.17) is 14.2 Å². The molecule has 1 atom stereocenters. The first kappa shape index (κ1) is 21.7. The summed E-state index contributed by atoms with van der Waals surface area (Å²) in [4.78, 5) is 24.5. The highest BCUT2D eigenvalue weighted by molar-refractivity contribution is 5.82. The molecule has 26 heavy (non-hydrogen) atoms. The number of alkyl halides is 1. The second kappa shape index (κ2) is 8.87. The van der Waals surface area contributed by atoms with Gasteiger partial charge in [-0.05, 0) is 59.2 Å². The average Bonchev–Trinajstić information content (AvgIpc) is 2.45. The summed E-state index contributed by atoms with van der Waals surface area (Å²) < 4.78 is 27.5. The van der Waals surface area contributed by atoms with Gasteiger partial charge < -0.3 is 19.5 Å². The summed E-state index contributed by atoms with van der Waals surface area (Å²) in [5, 5.41) is 2.56. The van der Waals surface area contributed by atoms with Crippen molar-refractivity contribution in [2.75, 3.05) is 6.86 Å². The summed E-state index contributed by atoms with van der Waals surface area (Å²) in [6.07, 6.45) is -0.505. The smallest absolute Gasteiger partial charge is 0.408 e. The van der Waals surface area contributed by atoms with E-state index in [1.165, 1.54) is 0 Å². The number of hydrogen-bond donors (Lipinski definition) is 1. The molecule has 1 N–H and O–H groups in total. The van der Waals surface area contributed by atoms with Gasteiger partial charge in [0.25, 0.3) is 0 Å². The highest BCUT2D eigenvalue weighted by atomic mass is 19.1. The Morgan fingerprint density at radius 3 is 2.00 bits per heavy atom. The molecule has 7 heteroatoms. The number of amides is 1. The number of benzene rings is 1. The fourth-order valence-corrected chi connectivity index (χ4v) is 2.04. The Morgan fingerprint density at radius 1 is 1.00 bits per heavy atom. The fraction of sp³-hybridized carbons (Fsp3) is 0.579. The van der Waals surface area contributed by atoms with Gasteiger partial charge in [-0.25, -0.2) is 14.0 Å². The van der Waals surface area contributed by atoms with Gasteiger partial charge in [-0.3, -0.25) is 0 Å². The molecule has 0 saturated heterocycles. The number of carbonyl (C=O) groups is 2. The molecule has 0 bridgehead atoms. The lowest BCUT2D eigenvalue weighted by Crippen LogP contribution is -2.47. The van der Waals surface area contributed by atoms with Crippen LogP contribution in [0.25, 0.3) is 0 Å². The summed E-state index contributed by atoms with van der Waals surface area (Å²) in [5.74, 6) is -0.183. The van der Waals surface area contributed by atoms with Crippen LogP contribution in [0.3, 0.4) is 0 Å². The molecule has 6 nitrogen and oxygen atoms in total. The highest BCUT2D eigenvalue weighted by Crippen LogP contribution is 2.16. The number of carbonyl (C=O) groups excluding carboxylic acids is 2. The number of ether oxygens (including phenoxy) is 3. The summed E-state index contributed by atoms with van der Waals surface area (Å²) >= 11 is 0. The van der Waals surface area contributed by atoms with Crippen molar-refractivity contribution in [3.05, 3.63) is 29.8 Å². The number of nitrogens with one attached hydrogen (secondary N) is 1. The largest absolute Gasteiger partial charge is 0.463 e. The van der Waals surface area contributed by atoms with Gasteiger partial charge in [-0.15, -0.1) is 0 Å². The average molecular weight is 369 g/mol. The van der Waals surface area contributed by atoms with Crippen LogP contribution in [0.2, 0.25) is 0 Å². The molecule has 1 amide bonds. The number of rotatable bonds is 6. The number of halogens is 1. The monoisotopic (exact) mass is 369 g/mol. The summed E-state index contributed by atoms with van der Waals surface area (Å²) in [7, 11) is 0. The first-order chi connectivity index (χ1) is 11.9. The highest BCUT2D eigenvalue weighted by Gasteiger charge is 2.28. The normalized spacial score (nSPS) is 12.9. The van der Waals surface area contributed by atoms with E-state index >= 15 is 0 Å². The minimum atomic E-state index is -0.919. The zero-order chi connectivity index (χ0) is 20.0. The minimum Gasteiger partial charge on any atom is -0.463 e. The van der Waals surface area contributed by atoms with E-state index in [9.17, 15) is 14.0 Å². The molecule has 0 aromatic heterocycles. The van der Waals surface area contributed by atoms with Crippen LogP contribution in [0.1, 0.15) is 47.1 Å². The van der Waals surface area contributed by atoms with Gasteiger partial charge in [0.05, 0.1) is 0 Å². The summed E-state index contributed by atoms with van der Waals surface area (Å²) in [6.45, 7) is 9.53. The molecule has 0 aliphatic rings. The lowest BCUT2D eigenvalue weighted by atomic mass is 10.1. The zero-order valence-corrected chi connectivity index (χ0v) is 16.2. The molecule has 0 spiro atoms. The van der Waals surface area contributed by atoms with Gasteiger partial charge in [0.2, 0.25) is 6.86 Å². The van der Waals surface area contributed by atoms with Gasteiger partial charge >= 0.3 is 12.1 Å². The summed E-state index contributed by atoms with van der Waals surface area (Å²) in [6, 6.07) is 5.65. The van der Waals surface area contributed by atoms with Gasteiger partial charge in [-0.2, -0.15) is 0 Å². The third-order valence-corrected chi connectivity index (χ3v) is 2.97. The Balaban J connectivity index is 2.88. The predicted molar refractivity (Wildman–Crippen MR) is 95.8 cm³/mol. The topological polar surface area (TPSA) is 73.9 Å². The fourth-order valence-electron chi connectivity index (χ4n) is 2.04. The quantitative estimate of drug-likeness (QED) is 0.773. The van der Waals surface area contributed by atoms with E-state index in [0.717, 1.165) is 5.56 Å². The molecule has 1 aromatic rings. The number of alkyl carbamates (subject to hydrolysis) is 1. The van der Waals surface area contributed by atoms with E-state index in [2.05, 4.69) is 5.32 Å². The third kappa shape index (κ3) is 8.69. The van der Waals surface area contributed by atoms with Crippen LogP contribution in [0.5, 0.6) is 5.75 Å². The summed E-state index contributed by atoms with van der Waals surface area (Å²) in [5.41, 5.74) is -0.624. The molecule has 0 unspecified atom stereocenters. The zero-order valence-electron chi connectivity index (χ0n) is 16.2. The van der Waals surface area contributed by atoms with Crippen molar-refractivity contribution in [1.29, 1.82) is 0 Å². The Labute approximate surface area is 154 Å². The second-order valence-electron chi connectivity index (χ2n) is 7.83. The maximum Gasteiger partial charge on any atom is 0.408 e. The van der Waals surface area contributed by atoms with Crippen molar-refractivity contribution in [2.45, 2.75) is 65.2 Å². The molecule has 0 aliphatic carbocycles. The Kier molecular flexibility index (Phi) is 7.41. The van der Waals surface area contributed by atoms with Crippen molar-refractivity contribution >= 4 is 12.1 Å². The van der Waals surface area contributed by atoms with Crippen molar-refractivity contribution in [3.63, 3.8) is 0 Å². The molecule has 0 heterocycles. The van der Waals surface area contributed by atoms with Crippen molar-refractivity contribution in [3.8, 4) is 5.75 Å². The molecule has 1 aromatic carbocycles. The van der Waals surface area contributed by atoms with Crippen LogP contribution in [0, 0.1) is 0 Å². The molecular formula is C19H28FNO5. The van der Waals surface area contributed by atoms with Gasteiger partial charge in [0.1, 0.15) is 23.0 Å². The van der Waals surface area contributed by atoms with Crippen LogP contribution < -0.4 is 10.1 Å². The van der Waals surface area contributed by atoms with E-state index in [-0.39, 0.29) is 6.42 Å². The maximum absolute atomic E-state index is 12.5. The molecule has 0 saturated carbocycles. The van der Waals surface area contributed by atoms with Crippen LogP contribution in [0.4, 0.5) is 9.18 Å². The van der Waals surface area contributed by atoms with Crippen LogP contribution in [-0.2, 0) is 20.7 Å². The third-order valence-electron chi connectivity index (χ3n) is 2.97. The predicted octanol–water partition coefficient (Wildman–Crippen LogP) is 3.77. The maximum atomic E-state index is 12.5. The second-order valence-corrected chi connectivity index (χ2v) is 7.83. The molecule has 1 rings (SSSR count). The van der Waals surface area contributed by atoms with Crippen LogP contribution >= 0.6 is 0 Å². The Bertz CT molecular complexity index is 602. The lowest BCUT2D eigenvalue weighted by Gasteiger charge is -2.26. The van der Waals surface area contributed by atoms with Crippen LogP contribution in [0.15, 0.2) is 24.3 Å². The standard InChI is InChI=1S/C19H28FNO5/c1-18(2,3)25-16(22)15(21-17(23)26-19(4,5)6)11-13-7-9-14(10-8-13)24-12-20/h7-10,15H,11-12H2,1-6H3,(H,21,23)/t15-/m1/s1.